The van der Waals surface area contributed by atoms with E-state index in [-0.39, 0.29) is 6.04 Å². The fourth-order valence-corrected chi connectivity index (χ4v) is 4.09. The Morgan fingerprint density at radius 2 is 2.24 bits per heavy atom. The van der Waals surface area contributed by atoms with Gasteiger partial charge in [0.2, 0.25) is 0 Å². The molecule has 1 aliphatic rings. The molecule has 0 aliphatic carbocycles. The Morgan fingerprint density at radius 3 is 2.90 bits per heavy atom. The Hall–Kier alpha value is -0.650. The van der Waals surface area contributed by atoms with Gasteiger partial charge in [-0.05, 0) is 44.8 Å². The smallest absolute Gasteiger partial charge is 0.163 e. The first kappa shape index (κ1) is 16.7. The van der Waals surface area contributed by atoms with Crippen molar-refractivity contribution in [3.8, 4) is 0 Å². The standard InChI is InChI=1S/C16H24F2N2S/c1-3-19-15(13-5-4-6-14(17)16(13)18)7-9-20(2)12-8-10-21-11-12/h4-6,12,15,19H,3,7-11H2,1-2H3. The van der Waals surface area contributed by atoms with E-state index < -0.39 is 11.6 Å². The zero-order valence-electron chi connectivity index (χ0n) is 12.7. The Kier molecular flexibility index (Phi) is 6.45. The van der Waals surface area contributed by atoms with Crippen molar-refractivity contribution in [2.75, 3.05) is 31.6 Å². The van der Waals surface area contributed by atoms with Gasteiger partial charge in [0.05, 0.1) is 0 Å². The number of benzene rings is 1. The van der Waals surface area contributed by atoms with Crippen LogP contribution in [0, 0.1) is 11.6 Å². The van der Waals surface area contributed by atoms with Crippen molar-refractivity contribution in [1.29, 1.82) is 0 Å². The molecular weight excluding hydrogens is 290 g/mol. The van der Waals surface area contributed by atoms with Crippen LogP contribution in [0.4, 0.5) is 8.78 Å². The van der Waals surface area contributed by atoms with Crippen LogP contribution in [-0.2, 0) is 0 Å². The molecule has 0 bridgehead atoms. The highest BCUT2D eigenvalue weighted by molar-refractivity contribution is 7.99. The van der Waals surface area contributed by atoms with E-state index >= 15 is 0 Å². The Morgan fingerprint density at radius 1 is 1.43 bits per heavy atom. The van der Waals surface area contributed by atoms with Crippen LogP contribution in [0.3, 0.4) is 0 Å². The number of halogens is 2. The number of rotatable bonds is 7. The fraction of sp³-hybridized carbons (Fsp3) is 0.625. The minimum atomic E-state index is -0.768. The van der Waals surface area contributed by atoms with Crippen LogP contribution in [0.2, 0.25) is 0 Å². The Labute approximate surface area is 130 Å². The minimum Gasteiger partial charge on any atom is -0.310 e. The van der Waals surface area contributed by atoms with Gasteiger partial charge >= 0.3 is 0 Å². The molecule has 0 aromatic heterocycles. The molecule has 1 aromatic rings. The summed E-state index contributed by atoms with van der Waals surface area (Å²) in [4.78, 5) is 2.35. The molecule has 5 heteroatoms. The molecule has 2 unspecified atom stereocenters. The van der Waals surface area contributed by atoms with Crippen LogP contribution in [0.25, 0.3) is 0 Å². The normalized spacial score (nSPS) is 20.1. The molecule has 1 fully saturated rings. The minimum absolute atomic E-state index is 0.137. The maximum Gasteiger partial charge on any atom is 0.163 e. The third-order valence-corrected chi connectivity index (χ3v) is 5.25. The van der Waals surface area contributed by atoms with Crippen molar-refractivity contribution in [3.05, 3.63) is 35.4 Å². The zero-order chi connectivity index (χ0) is 15.2. The molecule has 2 rings (SSSR count). The molecule has 1 aliphatic heterocycles. The highest BCUT2D eigenvalue weighted by Crippen LogP contribution is 2.25. The van der Waals surface area contributed by atoms with Crippen LogP contribution in [0.1, 0.15) is 31.4 Å². The number of hydrogen-bond acceptors (Lipinski definition) is 3. The number of nitrogens with zero attached hydrogens (tertiary/aromatic N) is 1. The van der Waals surface area contributed by atoms with Gasteiger partial charge in [-0.15, -0.1) is 0 Å². The molecular formula is C16H24F2N2S. The molecule has 0 saturated carbocycles. The SMILES string of the molecule is CCNC(CCN(C)C1CCSC1)c1cccc(F)c1F. The monoisotopic (exact) mass is 314 g/mol. The first-order chi connectivity index (χ1) is 10.1. The molecule has 1 saturated heterocycles. The van der Waals surface area contributed by atoms with Crippen LogP contribution >= 0.6 is 11.8 Å². The molecule has 0 amide bonds. The van der Waals surface area contributed by atoms with E-state index in [0.29, 0.717) is 11.6 Å². The predicted octanol–water partition coefficient (Wildman–Crippen LogP) is 3.44. The molecule has 2 atom stereocenters. The van der Waals surface area contributed by atoms with Crippen molar-refractivity contribution >= 4 is 11.8 Å². The summed E-state index contributed by atoms with van der Waals surface area (Å²) < 4.78 is 27.4. The molecule has 0 spiro atoms. The average molecular weight is 314 g/mol. The molecule has 1 aromatic carbocycles. The second-order valence-corrected chi connectivity index (χ2v) is 6.69. The number of hydrogen-bond donors (Lipinski definition) is 1. The van der Waals surface area contributed by atoms with Gasteiger partial charge in [-0.3, -0.25) is 0 Å². The highest BCUT2D eigenvalue weighted by Gasteiger charge is 2.22. The van der Waals surface area contributed by atoms with Gasteiger partial charge in [-0.2, -0.15) is 11.8 Å². The lowest BCUT2D eigenvalue weighted by Crippen LogP contribution is -2.34. The van der Waals surface area contributed by atoms with Gasteiger partial charge in [-0.1, -0.05) is 19.1 Å². The summed E-state index contributed by atoms with van der Waals surface area (Å²) in [5.74, 6) is 0.916. The van der Waals surface area contributed by atoms with Crippen molar-refractivity contribution in [3.63, 3.8) is 0 Å². The van der Waals surface area contributed by atoms with Gasteiger partial charge in [0.25, 0.3) is 0 Å². The van der Waals surface area contributed by atoms with Crippen LogP contribution < -0.4 is 5.32 Å². The molecule has 2 nitrogen and oxygen atoms in total. The van der Waals surface area contributed by atoms with E-state index in [1.54, 1.807) is 12.1 Å². The summed E-state index contributed by atoms with van der Waals surface area (Å²) in [6, 6.07) is 4.91. The molecule has 0 radical (unpaired) electrons. The fourth-order valence-electron chi connectivity index (χ4n) is 2.79. The van der Waals surface area contributed by atoms with Crippen molar-refractivity contribution in [2.24, 2.45) is 0 Å². The molecule has 1 N–H and O–H groups in total. The summed E-state index contributed by atoms with van der Waals surface area (Å²) >= 11 is 1.99. The molecule has 21 heavy (non-hydrogen) atoms. The van der Waals surface area contributed by atoms with E-state index in [0.717, 1.165) is 19.5 Å². The van der Waals surface area contributed by atoms with E-state index in [4.69, 9.17) is 0 Å². The van der Waals surface area contributed by atoms with E-state index in [1.165, 1.54) is 24.0 Å². The average Bonchev–Trinajstić information content (AvgIpc) is 3.00. The number of thioether (sulfide) groups is 1. The second-order valence-electron chi connectivity index (χ2n) is 5.54. The van der Waals surface area contributed by atoms with E-state index in [1.807, 2.05) is 18.7 Å². The van der Waals surface area contributed by atoms with Crippen molar-refractivity contribution in [1.82, 2.24) is 10.2 Å². The first-order valence-corrected chi connectivity index (χ1v) is 8.74. The van der Waals surface area contributed by atoms with Crippen LogP contribution in [0.5, 0.6) is 0 Å². The predicted molar refractivity (Wildman–Crippen MR) is 85.8 cm³/mol. The van der Waals surface area contributed by atoms with Crippen LogP contribution in [-0.4, -0.2) is 42.6 Å². The lowest BCUT2D eigenvalue weighted by atomic mass is 10.0. The second kappa shape index (κ2) is 8.11. The third kappa shape index (κ3) is 4.41. The largest absolute Gasteiger partial charge is 0.310 e. The Bertz CT molecular complexity index is 450. The van der Waals surface area contributed by atoms with Gasteiger partial charge in [-0.25, -0.2) is 8.78 Å². The third-order valence-electron chi connectivity index (χ3n) is 4.11. The van der Waals surface area contributed by atoms with Crippen LogP contribution in [0.15, 0.2) is 18.2 Å². The highest BCUT2D eigenvalue weighted by atomic mass is 32.2. The lowest BCUT2D eigenvalue weighted by Gasteiger charge is -2.26. The lowest BCUT2D eigenvalue weighted by molar-refractivity contribution is 0.246. The van der Waals surface area contributed by atoms with Crippen molar-refractivity contribution < 1.29 is 8.78 Å². The van der Waals surface area contributed by atoms with E-state index in [2.05, 4.69) is 17.3 Å². The summed E-state index contributed by atoms with van der Waals surface area (Å²) in [6.45, 7) is 3.62. The summed E-state index contributed by atoms with van der Waals surface area (Å²) in [6.07, 6.45) is 2.01. The molecule has 1 heterocycles. The molecule has 118 valence electrons. The van der Waals surface area contributed by atoms with Gasteiger partial charge in [0.15, 0.2) is 11.6 Å². The van der Waals surface area contributed by atoms with Crippen molar-refractivity contribution in [2.45, 2.75) is 31.8 Å². The van der Waals surface area contributed by atoms with Gasteiger partial charge in [0.1, 0.15) is 0 Å². The van der Waals surface area contributed by atoms with E-state index in [9.17, 15) is 8.78 Å². The quantitative estimate of drug-likeness (QED) is 0.830. The summed E-state index contributed by atoms with van der Waals surface area (Å²) in [5.41, 5.74) is 0.436. The van der Waals surface area contributed by atoms with Gasteiger partial charge in [0, 0.05) is 23.4 Å². The summed E-state index contributed by atoms with van der Waals surface area (Å²) in [7, 11) is 2.13. The Balaban J connectivity index is 1.99. The number of nitrogens with one attached hydrogen (secondary N) is 1. The summed E-state index contributed by atoms with van der Waals surface area (Å²) in [5, 5.41) is 3.27. The maximum atomic E-state index is 14.0. The zero-order valence-corrected chi connectivity index (χ0v) is 13.6. The first-order valence-electron chi connectivity index (χ1n) is 7.58. The maximum absolute atomic E-state index is 14.0. The van der Waals surface area contributed by atoms with Gasteiger partial charge < -0.3 is 10.2 Å². The topological polar surface area (TPSA) is 15.3 Å².